The summed E-state index contributed by atoms with van der Waals surface area (Å²) in [5.74, 6) is 1.41. The van der Waals surface area contributed by atoms with Crippen molar-refractivity contribution in [2.75, 3.05) is 46.6 Å². The van der Waals surface area contributed by atoms with Crippen LogP contribution in [0.4, 0.5) is 10.1 Å². The number of hydrogen-bond donors (Lipinski definition) is 2. The first kappa shape index (κ1) is 29.9. The van der Waals surface area contributed by atoms with Crippen LogP contribution in [0.5, 0.6) is 17.2 Å². The number of amides is 1. The molecule has 0 atom stereocenters. The summed E-state index contributed by atoms with van der Waals surface area (Å²) in [6.45, 7) is 2.29. The van der Waals surface area contributed by atoms with Gasteiger partial charge in [-0.2, -0.15) is 0 Å². The molecule has 0 bridgehead atoms. The molecule has 7 nitrogen and oxygen atoms in total. The Morgan fingerprint density at radius 3 is 2.42 bits per heavy atom. The summed E-state index contributed by atoms with van der Waals surface area (Å²) in [4.78, 5) is 15.5. The number of likely N-dealkylation sites (tertiary alicyclic amines) is 1. The molecule has 5 rings (SSSR count). The Morgan fingerprint density at radius 1 is 0.930 bits per heavy atom. The highest BCUT2D eigenvalue weighted by atomic mass is 19.1. The molecule has 1 saturated heterocycles. The van der Waals surface area contributed by atoms with Gasteiger partial charge in [-0.25, -0.2) is 4.39 Å². The fourth-order valence-corrected chi connectivity index (χ4v) is 5.50. The lowest BCUT2D eigenvalue weighted by Crippen LogP contribution is -2.35. The number of carbonyl (C=O) groups excluding carboxylic acids is 1. The summed E-state index contributed by atoms with van der Waals surface area (Å²) < 4.78 is 31.5. The molecule has 0 unspecified atom stereocenters. The summed E-state index contributed by atoms with van der Waals surface area (Å²) in [7, 11) is 5.32. The molecule has 1 amide bonds. The minimum Gasteiger partial charge on any atom is -0.497 e. The molecule has 0 saturated carbocycles. The van der Waals surface area contributed by atoms with E-state index < -0.39 is 0 Å². The van der Waals surface area contributed by atoms with E-state index in [9.17, 15) is 9.18 Å². The average molecular weight is 584 g/mol. The number of methoxy groups -OCH3 is 2. The topological polar surface area (TPSA) is 86.1 Å². The van der Waals surface area contributed by atoms with Gasteiger partial charge in [0.2, 0.25) is 0 Å². The van der Waals surface area contributed by atoms with Crippen LogP contribution in [0.1, 0.15) is 28.8 Å². The lowest BCUT2D eigenvalue weighted by atomic mass is 9.95. The number of nitrogens with one attached hydrogen (secondary N) is 1. The molecule has 1 heterocycles. The van der Waals surface area contributed by atoms with Crippen LogP contribution in [0, 0.1) is 5.82 Å². The van der Waals surface area contributed by atoms with E-state index in [0.717, 1.165) is 48.2 Å². The van der Waals surface area contributed by atoms with E-state index in [1.807, 2.05) is 48.5 Å². The van der Waals surface area contributed by atoms with Gasteiger partial charge in [0.15, 0.2) is 0 Å². The van der Waals surface area contributed by atoms with Crippen LogP contribution >= 0.6 is 0 Å². The van der Waals surface area contributed by atoms with E-state index in [1.165, 1.54) is 12.1 Å². The maximum atomic E-state index is 14.3. The zero-order valence-corrected chi connectivity index (χ0v) is 24.9. The molecule has 0 aliphatic carbocycles. The lowest BCUT2D eigenvalue weighted by molar-refractivity contribution is 0.0954. The molecule has 0 radical (unpaired) electrons. The van der Waals surface area contributed by atoms with E-state index >= 15 is 0 Å². The van der Waals surface area contributed by atoms with Crippen molar-refractivity contribution in [2.45, 2.75) is 25.4 Å². The van der Waals surface area contributed by atoms with Crippen molar-refractivity contribution < 1.29 is 23.4 Å². The number of halogens is 1. The second-order valence-electron chi connectivity index (χ2n) is 10.8. The fraction of sp³-hybridized carbons (Fsp3) is 0.286. The monoisotopic (exact) mass is 583 g/mol. The van der Waals surface area contributed by atoms with Crippen molar-refractivity contribution in [2.24, 2.45) is 0 Å². The Balaban J connectivity index is 1.35. The maximum absolute atomic E-state index is 14.3. The molecule has 0 spiro atoms. The van der Waals surface area contributed by atoms with Crippen molar-refractivity contribution in [3.63, 3.8) is 0 Å². The Hall–Kier alpha value is -4.56. The van der Waals surface area contributed by atoms with Gasteiger partial charge < -0.3 is 30.2 Å². The minimum absolute atomic E-state index is 0.0790. The predicted molar refractivity (Wildman–Crippen MR) is 168 cm³/mol. The van der Waals surface area contributed by atoms with Gasteiger partial charge in [-0.15, -0.1) is 0 Å². The summed E-state index contributed by atoms with van der Waals surface area (Å²) >= 11 is 0. The highest BCUT2D eigenvalue weighted by Crippen LogP contribution is 2.38. The molecule has 4 aromatic carbocycles. The van der Waals surface area contributed by atoms with Crippen LogP contribution < -0.4 is 25.3 Å². The van der Waals surface area contributed by atoms with Crippen molar-refractivity contribution in [3.05, 3.63) is 95.8 Å². The third kappa shape index (κ3) is 7.09. The number of piperidine rings is 1. The van der Waals surface area contributed by atoms with Gasteiger partial charge in [0.1, 0.15) is 29.2 Å². The van der Waals surface area contributed by atoms with Crippen LogP contribution in [0.3, 0.4) is 0 Å². The van der Waals surface area contributed by atoms with Gasteiger partial charge in [-0.3, -0.25) is 4.79 Å². The van der Waals surface area contributed by atoms with E-state index in [4.69, 9.17) is 19.9 Å². The zero-order chi connectivity index (χ0) is 30.3. The number of ether oxygens (including phenoxy) is 3. The molecule has 224 valence electrons. The fourth-order valence-electron chi connectivity index (χ4n) is 5.50. The van der Waals surface area contributed by atoms with Crippen molar-refractivity contribution in [1.82, 2.24) is 10.2 Å². The van der Waals surface area contributed by atoms with Crippen molar-refractivity contribution in [1.29, 1.82) is 0 Å². The van der Waals surface area contributed by atoms with Crippen LogP contribution in [0.15, 0.2) is 78.9 Å². The normalized spacial score (nSPS) is 13.9. The first-order chi connectivity index (χ1) is 20.9. The molecule has 4 aromatic rings. The molecule has 1 aliphatic rings. The second-order valence-corrected chi connectivity index (χ2v) is 10.8. The van der Waals surface area contributed by atoms with Crippen molar-refractivity contribution in [3.8, 4) is 39.5 Å². The van der Waals surface area contributed by atoms with Gasteiger partial charge in [0.05, 0.1) is 19.9 Å². The lowest BCUT2D eigenvalue weighted by Gasteiger charge is -2.30. The summed E-state index contributed by atoms with van der Waals surface area (Å²) in [5, 5.41) is 3.02. The molecule has 8 heteroatoms. The van der Waals surface area contributed by atoms with Gasteiger partial charge >= 0.3 is 0 Å². The van der Waals surface area contributed by atoms with Crippen LogP contribution in [-0.2, 0) is 6.42 Å². The Labute approximate surface area is 252 Å². The average Bonchev–Trinajstić information content (AvgIpc) is 3.03. The second kappa shape index (κ2) is 13.6. The standard InChI is InChI=1S/C35H38FN3O4/c1-39-18-15-28(16-19-39)43-32-13-10-23(33(34(32)37)25-7-4-8-27(36)20-25)14-17-38-35(40)26-11-12-31(42-3)30(22-26)24-6-5-9-29(21-24)41-2/h4-13,20-22,28H,14-19,37H2,1-3H3,(H,38,40). The first-order valence-electron chi connectivity index (χ1n) is 14.5. The number of nitrogens with two attached hydrogens (primary N) is 1. The molecule has 1 aliphatic heterocycles. The van der Waals surface area contributed by atoms with E-state index in [1.54, 1.807) is 32.4 Å². The quantitative estimate of drug-likeness (QED) is 0.216. The zero-order valence-electron chi connectivity index (χ0n) is 24.9. The molecule has 0 aromatic heterocycles. The largest absolute Gasteiger partial charge is 0.497 e. The SMILES string of the molecule is COc1cccc(-c2cc(C(=O)NCCc3ccc(OC4CCN(C)CC4)c(N)c3-c3cccc(F)c3)ccc2OC)c1. The van der Waals surface area contributed by atoms with Crippen LogP contribution in [0.2, 0.25) is 0 Å². The number of hydrogen-bond acceptors (Lipinski definition) is 6. The molecule has 3 N–H and O–H groups in total. The Morgan fingerprint density at radius 2 is 1.67 bits per heavy atom. The van der Waals surface area contributed by atoms with E-state index in [0.29, 0.717) is 47.0 Å². The van der Waals surface area contributed by atoms with Gasteiger partial charge in [0.25, 0.3) is 5.91 Å². The number of anilines is 1. The summed E-state index contributed by atoms with van der Waals surface area (Å²) in [6.07, 6.45) is 2.42. The Bertz CT molecular complexity index is 1580. The van der Waals surface area contributed by atoms with E-state index in [2.05, 4.69) is 17.3 Å². The van der Waals surface area contributed by atoms with Crippen LogP contribution in [0.25, 0.3) is 22.3 Å². The highest BCUT2D eigenvalue weighted by Gasteiger charge is 2.21. The van der Waals surface area contributed by atoms with Gasteiger partial charge in [-0.1, -0.05) is 30.3 Å². The predicted octanol–water partition coefficient (Wildman–Crippen LogP) is 6.20. The Kier molecular flexibility index (Phi) is 9.47. The first-order valence-corrected chi connectivity index (χ1v) is 14.5. The van der Waals surface area contributed by atoms with Gasteiger partial charge in [0, 0.05) is 36.3 Å². The number of nitrogen functional groups attached to an aromatic ring is 1. The maximum Gasteiger partial charge on any atom is 0.251 e. The molecule has 43 heavy (non-hydrogen) atoms. The van der Waals surface area contributed by atoms with Crippen LogP contribution in [-0.4, -0.2) is 57.8 Å². The number of benzene rings is 4. The van der Waals surface area contributed by atoms with Gasteiger partial charge in [-0.05, 0) is 91.5 Å². The summed E-state index contributed by atoms with van der Waals surface area (Å²) in [6, 6.07) is 23.2. The highest BCUT2D eigenvalue weighted by molar-refractivity contribution is 5.96. The smallest absolute Gasteiger partial charge is 0.251 e. The molecule has 1 fully saturated rings. The number of nitrogens with zero attached hydrogens (tertiary/aromatic N) is 1. The third-order valence-electron chi connectivity index (χ3n) is 7.89. The molecular weight excluding hydrogens is 545 g/mol. The minimum atomic E-state index is -0.343. The third-order valence-corrected chi connectivity index (χ3v) is 7.89. The molecular formula is C35H38FN3O4. The number of rotatable bonds is 10. The summed E-state index contributed by atoms with van der Waals surface area (Å²) in [5.41, 5.74) is 11.6. The van der Waals surface area contributed by atoms with Crippen molar-refractivity contribution >= 4 is 11.6 Å². The number of carbonyl (C=O) groups is 1. The van der Waals surface area contributed by atoms with E-state index in [-0.39, 0.29) is 17.8 Å².